The van der Waals surface area contributed by atoms with E-state index in [1.807, 2.05) is 26.0 Å². The predicted octanol–water partition coefficient (Wildman–Crippen LogP) is 1.37. The summed E-state index contributed by atoms with van der Waals surface area (Å²) >= 11 is 0. The van der Waals surface area contributed by atoms with E-state index in [1.54, 1.807) is 11.2 Å². The number of amides is 1. The normalized spacial score (nSPS) is 12.5. The molecule has 1 amide bonds. The van der Waals surface area contributed by atoms with E-state index in [4.69, 9.17) is 10.2 Å². The summed E-state index contributed by atoms with van der Waals surface area (Å²) in [6, 6.07) is 3.59. The van der Waals surface area contributed by atoms with E-state index < -0.39 is 0 Å². The van der Waals surface area contributed by atoms with Gasteiger partial charge in [-0.15, -0.1) is 0 Å². The van der Waals surface area contributed by atoms with Crippen LogP contribution in [0, 0.1) is 0 Å². The molecule has 2 N–H and O–H groups in total. The van der Waals surface area contributed by atoms with Crippen LogP contribution >= 0.6 is 0 Å². The Bertz CT molecular complexity index is 294. The monoisotopic (exact) mass is 210 g/mol. The van der Waals surface area contributed by atoms with Crippen LogP contribution in [0.25, 0.3) is 0 Å². The molecule has 0 spiro atoms. The fourth-order valence-electron chi connectivity index (χ4n) is 1.37. The molecule has 0 saturated carbocycles. The molecular weight excluding hydrogens is 192 g/mol. The quantitative estimate of drug-likeness (QED) is 0.798. The van der Waals surface area contributed by atoms with Gasteiger partial charge in [0, 0.05) is 19.0 Å². The highest BCUT2D eigenvalue weighted by atomic mass is 16.3. The second-order valence-corrected chi connectivity index (χ2v) is 3.67. The standard InChI is InChI=1S/C11H18N2O2/c1-3-13(11(14)7-9(2)12)8-10-5-4-6-15-10/h4-6,9H,3,7-8,12H2,1-2H3. The Morgan fingerprint density at radius 1 is 1.67 bits per heavy atom. The van der Waals surface area contributed by atoms with E-state index in [2.05, 4.69) is 0 Å². The average molecular weight is 210 g/mol. The number of hydrogen-bond donors (Lipinski definition) is 1. The molecule has 1 atom stereocenters. The molecular formula is C11H18N2O2. The van der Waals surface area contributed by atoms with Crippen molar-refractivity contribution in [2.24, 2.45) is 5.73 Å². The van der Waals surface area contributed by atoms with E-state index in [0.717, 1.165) is 5.76 Å². The molecule has 15 heavy (non-hydrogen) atoms. The van der Waals surface area contributed by atoms with Gasteiger partial charge in [0.15, 0.2) is 0 Å². The van der Waals surface area contributed by atoms with Crippen LogP contribution in [0.4, 0.5) is 0 Å². The van der Waals surface area contributed by atoms with Gasteiger partial charge in [-0.3, -0.25) is 4.79 Å². The maximum Gasteiger partial charge on any atom is 0.224 e. The third kappa shape index (κ3) is 3.75. The number of rotatable bonds is 5. The molecule has 0 aromatic carbocycles. The van der Waals surface area contributed by atoms with Crippen molar-refractivity contribution in [1.29, 1.82) is 0 Å². The van der Waals surface area contributed by atoms with Crippen LogP contribution < -0.4 is 5.73 Å². The van der Waals surface area contributed by atoms with Gasteiger partial charge in [0.05, 0.1) is 12.8 Å². The topological polar surface area (TPSA) is 59.5 Å². The summed E-state index contributed by atoms with van der Waals surface area (Å²) in [7, 11) is 0. The lowest BCUT2D eigenvalue weighted by Gasteiger charge is -2.20. The van der Waals surface area contributed by atoms with Crippen molar-refractivity contribution in [2.75, 3.05) is 6.54 Å². The fraction of sp³-hybridized carbons (Fsp3) is 0.545. The lowest BCUT2D eigenvalue weighted by atomic mass is 10.2. The molecule has 0 aliphatic carbocycles. The van der Waals surface area contributed by atoms with Gasteiger partial charge in [0.2, 0.25) is 5.91 Å². The molecule has 0 radical (unpaired) electrons. The Kier molecular flexibility index (Phi) is 4.37. The van der Waals surface area contributed by atoms with Gasteiger partial charge in [-0.2, -0.15) is 0 Å². The number of nitrogens with zero attached hydrogens (tertiary/aromatic N) is 1. The Morgan fingerprint density at radius 2 is 2.40 bits per heavy atom. The Hall–Kier alpha value is -1.29. The number of hydrogen-bond acceptors (Lipinski definition) is 3. The van der Waals surface area contributed by atoms with E-state index >= 15 is 0 Å². The number of carbonyl (C=O) groups is 1. The minimum Gasteiger partial charge on any atom is -0.467 e. The number of nitrogens with two attached hydrogens (primary N) is 1. The van der Waals surface area contributed by atoms with Gasteiger partial charge < -0.3 is 15.1 Å². The maximum absolute atomic E-state index is 11.7. The first-order valence-electron chi connectivity index (χ1n) is 5.19. The highest BCUT2D eigenvalue weighted by Gasteiger charge is 2.14. The number of furan rings is 1. The molecule has 0 saturated heterocycles. The lowest BCUT2D eigenvalue weighted by Crippen LogP contribution is -2.34. The van der Waals surface area contributed by atoms with Crippen LogP contribution in [-0.4, -0.2) is 23.4 Å². The second kappa shape index (κ2) is 5.56. The van der Waals surface area contributed by atoms with Crippen LogP contribution in [0.5, 0.6) is 0 Å². The summed E-state index contributed by atoms with van der Waals surface area (Å²) in [6.07, 6.45) is 1.99. The molecule has 84 valence electrons. The first-order chi connectivity index (χ1) is 7.13. The molecule has 1 aromatic heterocycles. The van der Waals surface area contributed by atoms with Gasteiger partial charge in [-0.25, -0.2) is 0 Å². The largest absolute Gasteiger partial charge is 0.467 e. The van der Waals surface area contributed by atoms with Gasteiger partial charge in [-0.1, -0.05) is 0 Å². The van der Waals surface area contributed by atoms with Crippen molar-refractivity contribution >= 4 is 5.91 Å². The highest BCUT2D eigenvalue weighted by molar-refractivity contribution is 5.76. The van der Waals surface area contributed by atoms with Crippen molar-refractivity contribution < 1.29 is 9.21 Å². The van der Waals surface area contributed by atoms with E-state index in [0.29, 0.717) is 19.5 Å². The zero-order valence-electron chi connectivity index (χ0n) is 9.27. The van der Waals surface area contributed by atoms with Crippen LogP contribution in [0.1, 0.15) is 26.0 Å². The summed E-state index contributed by atoms with van der Waals surface area (Å²) in [5, 5.41) is 0. The van der Waals surface area contributed by atoms with Gasteiger partial charge in [-0.05, 0) is 26.0 Å². The van der Waals surface area contributed by atoms with E-state index in [9.17, 15) is 4.79 Å². The van der Waals surface area contributed by atoms with Crippen LogP contribution in [0.15, 0.2) is 22.8 Å². The highest BCUT2D eigenvalue weighted by Crippen LogP contribution is 2.07. The minimum atomic E-state index is -0.0943. The molecule has 0 aliphatic heterocycles. The maximum atomic E-state index is 11.7. The van der Waals surface area contributed by atoms with Crippen molar-refractivity contribution in [3.8, 4) is 0 Å². The third-order valence-electron chi connectivity index (χ3n) is 2.16. The molecule has 1 unspecified atom stereocenters. The van der Waals surface area contributed by atoms with Crippen LogP contribution in [0.3, 0.4) is 0 Å². The Morgan fingerprint density at radius 3 is 2.87 bits per heavy atom. The average Bonchev–Trinajstić information content (AvgIpc) is 2.65. The first kappa shape index (κ1) is 11.8. The molecule has 1 heterocycles. The van der Waals surface area contributed by atoms with Crippen molar-refractivity contribution in [2.45, 2.75) is 32.9 Å². The lowest BCUT2D eigenvalue weighted by molar-refractivity contribution is -0.132. The minimum absolute atomic E-state index is 0.0731. The summed E-state index contributed by atoms with van der Waals surface area (Å²) in [5.41, 5.74) is 5.59. The molecule has 1 rings (SSSR count). The Labute approximate surface area is 90.0 Å². The third-order valence-corrected chi connectivity index (χ3v) is 2.16. The van der Waals surface area contributed by atoms with Crippen molar-refractivity contribution in [3.63, 3.8) is 0 Å². The SMILES string of the molecule is CCN(Cc1ccco1)C(=O)CC(C)N. The smallest absolute Gasteiger partial charge is 0.224 e. The Balaban J connectivity index is 2.52. The molecule has 4 heteroatoms. The molecule has 0 bridgehead atoms. The van der Waals surface area contributed by atoms with Crippen LogP contribution in [-0.2, 0) is 11.3 Å². The fourth-order valence-corrected chi connectivity index (χ4v) is 1.37. The number of carbonyl (C=O) groups excluding carboxylic acids is 1. The van der Waals surface area contributed by atoms with Gasteiger partial charge in [0.25, 0.3) is 0 Å². The molecule has 4 nitrogen and oxygen atoms in total. The molecule has 1 aromatic rings. The van der Waals surface area contributed by atoms with Crippen LogP contribution in [0.2, 0.25) is 0 Å². The van der Waals surface area contributed by atoms with Crippen molar-refractivity contribution in [1.82, 2.24) is 4.90 Å². The summed E-state index contributed by atoms with van der Waals surface area (Å²) in [5.74, 6) is 0.874. The zero-order chi connectivity index (χ0) is 11.3. The predicted molar refractivity (Wildman–Crippen MR) is 58.1 cm³/mol. The first-order valence-corrected chi connectivity index (χ1v) is 5.19. The van der Waals surface area contributed by atoms with Gasteiger partial charge in [0.1, 0.15) is 5.76 Å². The molecule has 0 aliphatic rings. The summed E-state index contributed by atoms with van der Waals surface area (Å²) in [6.45, 7) is 4.97. The summed E-state index contributed by atoms with van der Waals surface area (Å²) < 4.78 is 5.20. The van der Waals surface area contributed by atoms with Gasteiger partial charge >= 0.3 is 0 Å². The van der Waals surface area contributed by atoms with E-state index in [1.165, 1.54) is 0 Å². The molecule has 0 fully saturated rings. The summed E-state index contributed by atoms with van der Waals surface area (Å²) in [4.78, 5) is 13.5. The van der Waals surface area contributed by atoms with Crippen molar-refractivity contribution in [3.05, 3.63) is 24.2 Å². The van der Waals surface area contributed by atoms with E-state index in [-0.39, 0.29) is 11.9 Å². The zero-order valence-corrected chi connectivity index (χ0v) is 9.27. The second-order valence-electron chi connectivity index (χ2n) is 3.67.